The van der Waals surface area contributed by atoms with E-state index in [2.05, 4.69) is 20.5 Å². The number of rotatable bonds is 4. The number of carbonyl (C=O) groups excluding carboxylic acids is 1. The molecule has 29 heavy (non-hydrogen) atoms. The lowest BCUT2D eigenvalue weighted by molar-refractivity contribution is -0.120. The van der Waals surface area contributed by atoms with Crippen molar-refractivity contribution in [3.63, 3.8) is 0 Å². The first-order valence-corrected chi connectivity index (χ1v) is 9.96. The molecule has 0 bridgehead atoms. The molecule has 0 spiro atoms. The Morgan fingerprint density at radius 2 is 2.03 bits per heavy atom. The summed E-state index contributed by atoms with van der Waals surface area (Å²) in [7, 11) is 0. The molecule has 0 unspecified atom stereocenters. The minimum absolute atomic E-state index is 0.0703. The van der Waals surface area contributed by atoms with E-state index in [9.17, 15) is 9.59 Å². The first kappa shape index (κ1) is 19.1. The van der Waals surface area contributed by atoms with Gasteiger partial charge in [0, 0.05) is 10.4 Å². The zero-order chi connectivity index (χ0) is 20.5. The van der Waals surface area contributed by atoms with Gasteiger partial charge in [-0.05, 0) is 44.5 Å². The van der Waals surface area contributed by atoms with Crippen LogP contribution in [0, 0.1) is 13.8 Å². The lowest BCUT2D eigenvalue weighted by Crippen LogP contribution is -2.24. The Morgan fingerprint density at radius 1 is 1.28 bits per heavy atom. The molecular weight excluding hydrogens is 392 g/mol. The van der Waals surface area contributed by atoms with Gasteiger partial charge in [-0.15, -0.1) is 11.3 Å². The smallest absolute Gasteiger partial charge is 0.259 e. The van der Waals surface area contributed by atoms with Crippen molar-refractivity contribution >= 4 is 33.2 Å². The molecule has 3 heterocycles. The number of nitrogens with one attached hydrogen (secondary N) is 2. The number of H-pyrrole nitrogens is 1. The second kappa shape index (κ2) is 7.67. The van der Waals surface area contributed by atoms with Gasteiger partial charge in [-0.2, -0.15) is 5.10 Å². The van der Waals surface area contributed by atoms with E-state index in [1.807, 2.05) is 32.0 Å². The summed E-state index contributed by atoms with van der Waals surface area (Å²) in [6.45, 7) is 6.66. The average Bonchev–Trinajstić information content (AvgIpc) is 2.99. The monoisotopic (exact) mass is 412 g/mol. The van der Waals surface area contributed by atoms with Crippen molar-refractivity contribution in [2.75, 3.05) is 13.2 Å². The molecule has 0 aliphatic carbocycles. The van der Waals surface area contributed by atoms with Gasteiger partial charge in [-0.25, -0.2) is 10.4 Å². The Hall–Kier alpha value is -3.20. The highest BCUT2D eigenvalue weighted by molar-refractivity contribution is 7.18. The van der Waals surface area contributed by atoms with Crippen LogP contribution in [-0.4, -0.2) is 34.8 Å². The predicted octanol–water partition coefficient (Wildman–Crippen LogP) is 2.46. The second-order valence-electron chi connectivity index (χ2n) is 6.74. The molecule has 0 atom stereocenters. The van der Waals surface area contributed by atoms with Crippen LogP contribution in [0.4, 0.5) is 0 Å². The molecule has 2 aromatic heterocycles. The Kier molecular flexibility index (Phi) is 5.06. The fourth-order valence-electron chi connectivity index (χ4n) is 3.05. The van der Waals surface area contributed by atoms with E-state index < -0.39 is 0 Å². The molecule has 0 fully saturated rings. The highest BCUT2D eigenvalue weighted by atomic mass is 32.1. The Labute approximate surface area is 170 Å². The summed E-state index contributed by atoms with van der Waals surface area (Å²) in [6.07, 6.45) is -0.0703. The van der Waals surface area contributed by atoms with Gasteiger partial charge in [0.25, 0.3) is 5.56 Å². The number of ether oxygens (including phenoxy) is 2. The Morgan fingerprint density at radius 3 is 2.83 bits per heavy atom. The van der Waals surface area contributed by atoms with Gasteiger partial charge in [-0.1, -0.05) is 0 Å². The number of aromatic nitrogens is 2. The largest absolute Gasteiger partial charge is 0.486 e. The van der Waals surface area contributed by atoms with Crippen LogP contribution in [0.3, 0.4) is 0 Å². The predicted molar refractivity (Wildman–Crippen MR) is 111 cm³/mol. The van der Waals surface area contributed by atoms with Gasteiger partial charge in [0.05, 0.1) is 17.5 Å². The minimum Gasteiger partial charge on any atom is -0.486 e. The zero-order valence-corrected chi connectivity index (χ0v) is 17.1. The molecule has 1 amide bonds. The highest BCUT2D eigenvalue weighted by Crippen LogP contribution is 2.31. The number of aryl methyl sites for hydroxylation is 2. The van der Waals surface area contributed by atoms with Crippen molar-refractivity contribution < 1.29 is 14.3 Å². The van der Waals surface area contributed by atoms with Crippen LogP contribution < -0.4 is 20.5 Å². The van der Waals surface area contributed by atoms with E-state index in [0.717, 1.165) is 16.0 Å². The van der Waals surface area contributed by atoms with Gasteiger partial charge in [0.1, 0.15) is 23.9 Å². The lowest BCUT2D eigenvalue weighted by atomic mass is 10.1. The van der Waals surface area contributed by atoms with Gasteiger partial charge in [0.15, 0.2) is 11.5 Å². The van der Waals surface area contributed by atoms with Gasteiger partial charge in [-0.3, -0.25) is 9.59 Å². The number of hydrazone groups is 1. The summed E-state index contributed by atoms with van der Waals surface area (Å²) in [5, 5.41) is 4.73. The number of fused-ring (bicyclic) bond motifs is 2. The molecule has 0 radical (unpaired) electrons. The first-order chi connectivity index (χ1) is 13.9. The number of hydrogen-bond acceptors (Lipinski definition) is 7. The molecule has 2 N–H and O–H groups in total. The molecule has 1 aliphatic rings. The SMILES string of the molecule is C/C(=N/NC(=O)Cc1nc2sc(C)c(C)c2c(=O)[nH]1)c1ccc2c(c1)OCCO2. The average molecular weight is 412 g/mol. The zero-order valence-electron chi connectivity index (χ0n) is 16.3. The van der Waals surface area contributed by atoms with Gasteiger partial charge >= 0.3 is 0 Å². The van der Waals surface area contributed by atoms with Crippen LogP contribution in [0.5, 0.6) is 11.5 Å². The summed E-state index contributed by atoms with van der Waals surface area (Å²) in [4.78, 5) is 33.4. The topological polar surface area (TPSA) is 106 Å². The van der Waals surface area contributed by atoms with Crippen molar-refractivity contribution in [1.82, 2.24) is 15.4 Å². The molecule has 0 saturated heterocycles. The quantitative estimate of drug-likeness (QED) is 0.506. The van der Waals surface area contributed by atoms with Crippen molar-refractivity contribution in [2.24, 2.45) is 5.10 Å². The third-order valence-electron chi connectivity index (χ3n) is 4.72. The number of carbonyl (C=O) groups is 1. The number of benzene rings is 1. The summed E-state index contributed by atoms with van der Waals surface area (Å²) in [5.74, 6) is 1.30. The third kappa shape index (κ3) is 3.86. The molecule has 1 aliphatic heterocycles. The van der Waals surface area contributed by atoms with Gasteiger partial charge in [0.2, 0.25) is 5.91 Å². The summed E-state index contributed by atoms with van der Waals surface area (Å²) in [5.41, 5.74) is 4.65. The van der Waals surface area contributed by atoms with Crippen molar-refractivity contribution in [3.05, 3.63) is 50.4 Å². The maximum atomic E-state index is 12.3. The minimum atomic E-state index is -0.366. The fourth-order valence-corrected chi connectivity index (χ4v) is 4.10. The number of hydrogen-bond donors (Lipinski definition) is 2. The number of thiophene rings is 1. The number of nitrogens with zero attached hydrogens (tertiary/aromatic N) is 2. The van der Waals surface area contributed by atoms with Gasteiger partial charge < -0.3 is 14.5 Å². The van der Waals surface area contributed by atoms with Crippen LogP contribution >= 0.6 is 11.3 Å². The van der Waals surface area contributed by atoms with Crippen molar-refractivity contribution in [1.29, 1.82) is 0 Å². The molecule has 3 aromatic rings. The van der Waals surface area contributed by atoms with E-state index in [4.69, 9.17) is 9.47 Å². The van der Waals surface area contributed by atoms with Crippen LogP contribution in [-0.2, 0) is 11.2 Å². The molecule has 4 rings (SSSR count). The molecule has 8 nitrogen and oxygen atoms in total. The normalized spacial score (nSPS) is 13.6. The van der Waals surface area contributed by atoms with E-state index in [0.29, 0.717) is 46.5 Å². The summed E-state index contributed by atoms with van der Waals surface area (Å²) < 4.78 is 11.1. The van der Waals surface area contributed by atoms with E-state index in [1.54, 1.807) is 6.92 Å². The van der Waals surface area contributed by atoms with Crippen molar-refractivity contribution in [3.8, 4) is 11.5 Å². The molecule has 1 aromatic carbocycles. The van der Waals surface area contributed by atoms with E-state index >= 15 is 0 Å². The second-order valence-corrected chi connectivity index (χ2v) is 7.95. The van der Waals surface area contributed by atoms with Crippen LogP contribution in [0.1, 0.15) is 28.8 Å². The maximum Gasteiger partial charge on any atom is 0.259 e. The molecule has 0 saturated carbocycles. The lowest BCUT2D eigenvalue weighted by Gasteiger charge is -2.18. The number of amides is 1. The maximum absolute atomic E-state index is 12.3. The summed E-state index contributed by atoms with van der Waals surface area (Å²) >= 11 is 1.45. The molecular formula is C20H20N4O4S. The van der Waals surface area contributed by atoms with Crippen LogP contribution in [0.2, 0.25) is 0 Å². The van der Waals surface area contributed by atoms with Crippen LogP contribution in [0.15, 0.2) is 28.1 Å². The molecule has 9 heteroatoms. The van der Waals surface area contributed by atoms with Crippen LogP contribution in [0.25, 0.3) is 10.2 Å². The molecule has 150 valence electrons. The highest BCUT2D eigenvalue weighted by Gasteiger charge is 2.15. The Bertz CT molecular complexity index is 1200. The fraction of sp³-hybridized carbons (Fsp3) is 0.300. The number of aromatic amines is 1. The third-order valence-corrected chi connectivity index (χ3v) is 5.83. The van der Waals surface area contributed by atoms with E-state index in [-0.39, 0.29) is 17.9 Å². The first-order valence-electron chi connectivity index (χ1n) is 9.14. The van der Waals surface area contributed by atoms with Crippen molar-refractivity contribution in [2.45, 2.75) is 27.2 Å². The summed E-state index contributed by atoms with van der Waals surface area (Å²) in [6, 6.07) is 5.50. The van der Waals surface area contributed by atoms with E-state index in [1.165, 1.54) is 11.3 Å². The Balaban J connectivity index is 1.47. The standard InChI is InChI=1S/C20H20N4O4S/c1-10-12(3)29-20-18(10)19(26)21-16(22-20)9-17(25)24-23-11(2)13-4-5-14-15(8-13)28-7-6-27-14/h4-5,8H,6-7,9H2,1-3H3,(H,24,25)(H,21,22,26)/b23-11-.